The van der Waals surface area contributed by atoms with Gasteiger partial charge in [0.1, 0.15) is 0 Å². The molecule has 0 aromatic carbocycles. The zero-order chi connectivity index (χ0) is 9.19. The van der Waals surface area contributed by atoms with E-state index < -0.39 is 0 Å². The van der Waals surface area contributed by atoms with E-state index in [9.17, 15) is 4.79 Å². The van der Waals surface area contributed by atoms with Gasteiger partial charge in [-0.15, -0.1) is 0 Å². The van der Waals surface area contributed by atoms with Gasteiger partial charge < -0.3 is 4.90 Å². The predicted molar refractivity (Wildman–Crippen MR) is 49.5 cm³/mol. The molecule has 0 spiro atoms. The number of hydrogen-bond acceptors (Lipinski definition) is 1. The first-order valence-corrected chi connectivity index (χ1v) is 4.47. The minimum Gasteiger partial charge on any atom is -0.320 e. The van der Waals surface area contributed by atoms with Crippen LogP contribution in [0.4, 0.5) is 0 Å². The molecule has 2 heteroatoms. The summed E-state index contributed by atoms with van der Waals surface area (Å²) in [4.78, 5) is 13.2. The Hall–Kier alpha value is -0.790. The minimum absolute atomic E-state index is 0.175. The standard InChI is InChI=1S/C10H17NO/c1-4-11-7-5-6-10(2,3)8-9(11)12/h4H,1,5-8H2,2-3H3. The normalized spacial score (nSPS) is 23.5. The molecule has 0 aromatic rings. The van der Waals surface area contributed by atoms with Crippen LogP contribution in [0.2, 0.25) is 0 Å². The molecule has 0 aromatic heterocycles. The molecule has 0 aliphatic carbocycles. The summed E-state index contributed by atoms with van der Waals surface area (Å²) in [6.45, 7) is 8.77. The van der Waals surface area contributed by atoms with E-state index >= 15 is 0 Å². The van der Waals surface area contributed by atoms with E-state index in [0.717, 1.165) is 19.4 Å². The summed E-state index contributed by atoms with van der Waals surface area (Å²) in [5.74, 6) is 0.215. The summed E-state index contributed by atoms with van der Waals surface area (Å²) in [6.07, 6.45) is 4.51. The van der Waals surface area contributed by atoms with Crippen LogP contribution < -0.4 is 0 Å². The van der Waals surface area contributed by atoms with Crippen molar-refractivity contribution in [3.63, 3.8) is 0 Å². The molecule has 1 fully saturated rings. The van der Waals surface area contributed by atoms with Gasteiger partial charge in [0.25, 0.3) is 0 Å². The third-order valence-corrected chi connectivity index (χ3v) is 2.42. The van der Waals surface area contributed by atoms with Crippen LogP contribution in [0.15, 0.2) is 12.8 Å². The summed E-state index contributed by atoms with van der Waals surface area (Å²) in [7, 11) is 0. The molecule has 0 atom stereocenters. The average molecular weight is 167 g/mol. The van der Waals surface area contributed by atoms with Gasteiger partial charge in [-0.2, -0.15) is 0 Å². The monoisotopic (exact) mass is 167 g/mol. The van der Waals surface area contributed by atoms with Crippen molar-refractivity contribution in [1.82, 2.24) is 4.90 Å². The maximum absolute atomic E-state index is 11.5. The van der Waals surface area contributed by atoms with Gasteiger partial charge in [-0.25, -0.2) is 0 Å². The Kier molecular flexibility index (Phi) is 2.55. The lowest BCUT2D eigenvalue weighted by atomic mass is 9.85. The van der Waals surface area contributed by atoms with Crippen LogP contribution in [0.5, 0.6) is 0 Å². The van der Waals surface area contributed by atoms with Crippen LogP contribution in [0.3, 0.4) is 0 Å². The molecule has 1 aliphatic rings. The van der Waals surface area contributed by atoms with Crippen LogP contribution in [0, 0.1) is 5.41 Å². The molecule has 1 saturated heterocycles. The lowest BCUT2D eigenvalue weighted by Gasteiger charge is -2.20. The molecule has 1 amide bonds. The molecule has 1 aliphatic heterocycles. The maximum atomic E-state index is 11.5. The number of hydrogen-bond donors (Lipinski definition) is 0. The predicted octanol–water partition coefficient (Wildman–Crippen LogP) is 2.17. The fourth-order valence-corrected chi connectivity index (χ4v) is 1.65. The van der Waals surface area contributed by atoms with Crippen molar-refractivity contribution >= 4 is 5.91 Å². The van der Waals surface area contributed by atoms with Crippen molar-refractivity contribution in [1.29, 1.82) is 0 Å². The van der Waals surface area contributed by atoms with Gasteiger partial charge >= 0.3 is 0 Å². The second-order valence-electron chi connectivity index (χ2n) is 4.21. The molecule has 1 heterocycles. The third-order valence-electron chi connectivity index (χ3n) is 2.42. The first kappa shape index (κ1) is 9.30. The summed E-state index contributed by atoms with van der Waals surface area (Å²) in [5.41, 5.74) is 0.175. The second kappa shape index (κ2) is 3.30. The van der Waals surface area contributed by atoms with Gasteiger partial charge in [-0.1, -0.05) is 20.4 Å². The van der Waals surface area contributed by atoms with Crippen LogP contribution in [-0.2, 0) is 4.79 Å². The SMILES string of the molecule is C=CN1CCCC(C)(C)CC1=O. The summed E-state index contributed by atoms with van der Waals surface area (Å²) in [6, 6.07) is 0. The Bertz CT molecular complexity index is 196. The van der Waals surface area contributed by atoms with Gasteiger partial charge in [-0.05, 0) is 24.5 Å². The largest absolute Gasteiger partial charge is 0.320 e. The lowest BCUT2D eigenvalue weighted by Crippen LogP contribution is -2.26. The van der Waals surface area contributed by atoms with Crippen molar-refractivity contribution in [3.05, 3.63) is 12.8 Å². The van der Waals surface area contributed by atoms with E-state index in [2.05, 4.69) is 20.4 Å². The Morgan fingerprint density at radius 2 is 2.25 bits per heavy atom. The highest BCUT2D eigenvalue weighted by Gasteiger charge is 2.27. The number of nitrogens with zero attached hydrogens (tertiary/aromatic N) is 1. The molecular formula is C10H17NO. The third kappa shape index (κ3) is 2.10. The molecule has 12 heavy (non-hydrogen) atoms. The Labute approximate surface area is 74.2 Å². The smallest absolute Gasteiger partial charge is 0.227 e. The summed E-state index contributed by atoms with van der Waals surface area (Å²) in [5, 5.41) is 0. The number of carbonyl (C=O) groups is 1. The molecular weight excluding hydrogens is 150 g/mol. The topological polar surface area (TPSA) is 20.3 Å². The summed E-state index contributed by atoms with van der Waals surface area (Å²) < 4.78 is 0. The van der Waals surface area contributed by atoms with E-state index in [0.29, 0.717) is 6.42 Å². The van der Waals surface area contributed by atoms with Gasteiger partial charge in [0.15, 0.2) is 0 Å². The first-order chi connectivity index (χ1) is 5.55. The molecule has 0 bridgehead atoms. The van der Waals surface area contributed by atoms with Crippen molar-refractivity contribution in [2.24, 2.45) is 5.41 Å². The second-order valence-corrected chi connectivity index (χ2v) is 4.21. The van der Waals surface area contributed by atoms with Gasteiger partial charge in [-0.3, -0.25) is 4.79 Å². The van der Waals surface area contributed by atoms with E-state index in [1.165, 1.54) is 0 Å². The fourth-order valence-electron chi connectivity index (χ4n) is 1.65. The van der Waals surface area contributed by atoms with E-state index in [1.807, 2.05) is 0 Å². The lowest BCUT2D eigenvalue weighted by molar-refractivity contribution is -0.129. The molecule has 68 valence electrons. The summed E-state index contributed by atoms with van der Waals surface area (Å²) >= 11 is 0. The van der Waals surface area contributed by atoms with Crippen molar-refractivity contribution in [2.75, 3.05) is 6.54 Å². The number of rotatable bonds is 1. The minimum atomic E-state index is 0.175. The molecule has 1 rings (SSSR count). The number of likely N-dealkylation sites (tertiary alicyclic amines) is 1. The first-order valence-electron chi connectivity index (χ1n) is 4.47. The fraction of sp³-hybridized carbons (Fsp3) is 0.700. The number of amides is 1. The van der Waals surface area contributed by atoms with Crippen LogP contribution >= 0.6 is 0 Å². The Balaban J connectivity index is 2.68. The molecule has 2 nitrogen and oxygen atoms in total. The van der Waals surface area contributed by atoms with Crippen LogP contribution in [0.1, 0.15) is 33.1 Å². The molecule has 0 unspecified atom stereocenters. The van der Waals surface area contributed by atoms with Crippen LogP contribution in [-0.4, -0.2) is 17.4 Å². The zero-order valence-corrected chi connectivity index (χ0v) is 7.97. The quantitative estimate of drug-likeness (QED) is 0.586. The van der Waals surface area contributed by atoms with Crippen molar-refractivity contribution in [3.8, 4) is 0 Å². The van der Waals surface area contributed by atoms with Gasteiger partial charge in [0.2, 0.25) is 5.91 Å². The molecule has 0 N–H and O–H groups in total. The molecule has 0 radical (unpaired) electrons. The van der Waals surface area contributed by atoms with Gasteiger partial charge in [0, 0.05) is 13.0 Å². The maximum Gasteiger partial charge on any atom is 0.227 e. The highest BCUT2D eigenvalue weighted by molar-refractivity contribution is 5.78. The highest BCUT2D eigenvalue weighted by atomic mass is 16.2. The Morgan fingerprint density at radius 1 is 1.58 bits per heavy atom. The van der Waals surface area contributed by atoms with E-state index in [-0.39, 0.29) is 11.3 Å². The van der Waals surface area contributed by atoms with Crippen molar-refractivity contribution < 1.29 is 4.79 Å². The van der Waals surface area contributed by atoms with E-state index in [1.54, 1.807) is 11.1 Å². The Morgan fingerprint density at radius 3 is 2.83 bits per heavy atom. The average Bonchev–Trinajstić information content (AvgIpc) is 2.07. The number of carbonyl (C=O) groups excluding carboxylic acids is 1. The van der Waals surface area contributed by atoms with Crippen LogP contribution in [0.25, 0.3) is 0 Å². The molecule has 0 saturated carbocycles. The van der Waals surface area contributed by atoms with E-state index in [4.69, 9.17) is 0 Å². The zero-order valence-electron chi connectivity index (χ0n) is 7.97. The van der Waals surface area contributed by atoms with Crippen molar-refractivity contribution in [2.45, 2.75) is 33.1 Å². The van der Waals surface area contributed by atoms with Gasteiger partial charge in [0.05, 0.1) is 0 Å². The highest BCUT2D eigenvalue weighted by Crippen LogP contribution is 2.30.